The summed E-state index contributed by atoms with van der Waals surface area (Å²) in [6, 6.07) is 22.3. The van der Waals surface area contributed by atoms with Crippen LogP contribution < -0.4 is 15.5 Å². The van der Waals surface area contributed by atoms with Crippen molar-refractivity contribution in [3.05, 3.63) is 98.9 Å². The summed E-state index contributed by atoms with van der Waals surface area (Å²) in [5, 5.41) is 5.80. The van der Waals surface area contributed by atoms with Crippen LogP contribution in [0.5, 0.6) is 0 Å². The predicted molar refractivity (Wildman–Crippen MR) is 124 cm³/mol. The molecule has 0 aliphatic rings. The predicted octanol–water partition coefficient (Wildman–Crippen LogP) is 5.35. The monoisotopic (exact) mass is 475 g/mol. The summed E-state index contributed by atoms with van der Waals surface area (Å²) in [5.41, 5.74) is 1.91. The van der Waals surface area contributed by atoms with E-state index in [1.807, 2.05) is 0 Å². The number of halogens is 2. The van der Waals surface area contributed by atoms with Gasteiger partial charge in [-0.2, -0.15) is 0 Å². The molecule has 0 fully saturated rings. The normalized spacial score (nSPS) is 10.5. The Labute approximate surface area is 189 Å². The summed E-state index contributed by atoms with van der Waals surface area (Å²) >= 11 is 12.0. The Hall–Kier alpha value is -3.25. The Kier molecular flexibility index (Phi) is 7.36. The van der Waals surface area contributed by atoms with Gasteiger partial charge in [0.2, 0.25) is 0 Å². The van der Waals surface area contributed by atoms with Crippen molar-refractivity contribution in [2.75, 3.05) is 10.6 Å². The van der Waals surface area contributed by atoms with E-state index in [0.717, 1.165) is 0 Å². The zero-order valence-electron chi connectivity index (χ0n) is 16.0. The standard InChI is InChI=1S/C21H16Cl2N4O3S/c22-18-10-5-11-19(20(18)23)26-21(28)25-17-9-4-8-16(12-17)13-24-27-31(29,30)14-15-6-2-1-3-7-15/h1-12,27H,14H2,(H-,25,26,28)/p+1. The van der Waals surface area contributed by atoms with Crippen LogP contribution in [0.15, 0.2) is 72.8 Å². The Morgan fingerprint density at radius 2 is 1.68 bits per heavy atom. The van der Waals surface area contributed by atoms with Gasteiger partial charge in [0.1, 0.15) is 10.5 Å². The van der Waals surface area contributed by atoms with Gasteiger partial charge in [0.05, 0.1) is 21.5 Å². The highest BCUT2D eigenvalue weighted by atomic mass is 35.5. The van der Waals surface area contributed by atoms with Gasteiger partial charge in [0.25, 0.3) is 10.0 Å². The minimum absolute atomic E-state index is 0.202. The number of urea groups is 1. The highest BCUT2D eigenvalue weighted by Crippen LogP contribution is 2.29. The van der Waals surface area contributed by atoms with E-state index in [1.54, 1.807) is 72.8 Å². The van der Waals surface area contributed by atoms with Crippen molar-refractivity contribution in [3.8, 4) is 6.07 Å². The molecule has 0 radical (unpaired) electrons. The van der Waals surface area contributed by atoms with Crippen molar-refractivity contribution in [3.63, 3.8) is 0 Å². The van der Waals surface area contributed by atoms with Crippen LogP contribution in [0.4, 0.5) is 16.2 Å². The lowest BCUT2D eigenvalue weighted by molar-refractivity contribution is 0.262. The summed E-state index contributed by atoms with van der Waals surface area (Å²) in [6.45, 7) is 0. The van der Waals surface area contributed by atoms with E-state index in [0.29, 0.717) is 27.5 Å². The maximum atomic E-state index is 12.2. The fraction of sp³-hybridized carbons (Fsp3) is 0.0476. The third-order valence-corrected chi connectivity index (χ3v) is 5.79. The number of carbonyl (C=O) groups is 1. The van der Waals surface area contributed by atoms with Crippen LogP contribution in [0.3, 0.4) is 0 Å². The number of nitrogens with zero attached hydrogens (tertiary/aromatic N) is 1. The molecule has 0 spiro atoms. The fourth-order valence-electron chi connectivity index (χ4n) is 2.53. The average molecular weight is 476 g/mol. The molecule has 3 rings (SSSR count). The molecule has 0 atom stereocenters. The fourth-order valence-corrected chi connectivity index (χ4v) is 3.76. The quantitative estimate of drug-likeness (QED) is 0.434. The molecule has 0 aromatic heterocycles. The van der Waals surface area contributed by atoms with Gasteiger partial charge >= 0.3 is 12.1 Å². The molecule has 10 heteroatoms. The van der Waals surface area contributed by atoms with E-state index in [2.05, 4.69) is 26.5 Å². The molecule has 2 amide bonds. The van der Waals surface area contributed by atoms with Crippen LogP contribution in [0.1, 0.15) is 11.1 Å². The Morgan fingerprint density at radius 1 is 0.935 bits per heavy atom. The molecule has 0 unspecified atom stereocenters. The lowest BCUT2D eigenvalue weighted by atomic mass is 10.2. The second-order valence-electron chi connectivity index (χ2n) is 6.32. The molecule has 0 saturated heterocycles. The molecular formula is C21H17Cl2N4O3S+. The maximum Gasteiger partial charge on any atom is 0.358 e. The van der Waals surface area contributed by atoms with E-state index in [4.69, 9.17) is 23.2 Å². The number of hydrogen-bond acceptors (Lipinski definition) is 3. The van der Waals surface area contributed by atoms with Crippen molar-refractivity contribution < 1.29 is 13.2 Å². The summed E-state index contributed by atoms with van der Waals surface area (Å²) in [5.74, 6) is -0.202. The molecule has 158 valence electrons. The van der Waals surface area contributed by atoms with E-state index in [-0.39, 0.29) is 10.8 Å². The first kappa shape index (κ1) is 22.4. The van der Waals surface area contributed by atoms with E-state index >= 15 is 0 Å². The first-order valence-corrected chi connectivity index (χ1v) is 11.3. The Balaban J connectivity index is 1.61. The first-order valence-electron chi connectivity index (χ1n) is 8.94. The third kappa shape index (κ3) is 6.89. The Bertz CT molecular complexity index is 1260. The summed E-state index contributed by atoms with van der Waals surface area (Å²) in [6.07, 6.45) is 0. The van der Waals surface area contributed by atoms with Gasteiger partial charge in [-0.25, -0.2) is 13.2 Å². The van der Waals surface area contributed by atoms with Crippen LogP contribution in [0, 0.1) is 6.07 Å². The van der Waals surface area contributed by atoms with Crippen molar-refractivity contribution in [1.29, 1.82) is 0 Å². The van der Waals surface area contributed by atoms with Crippen LogP contribution in [-0.4, -0.2) is 14.4 Å². The second kappa shape index (κ2) is 10.2. The zero-order valence-corrected chi connectivity index (χ0v) is 18.3. The van der Waals surface area contributed by atoms with Gasteiger partial charge in [-0.3, -0.25) is 0 Å². The van der Waals surface area contributed by atoms with Crippen LogP contribution in [0.2, 0.25) is 10.0 Å². The highest BCUT2D eigenvalue weighted by molar-refractivity contribution is 7.88. The molecule has 7 nitrogen and oxygen atoms in total. The summed E-state index contributed by atoms with van der Waals surface area (Å²) in [4.78, 5) is 18.0. The molecule has 0 saturated carbocycles. The lowest BCUT2D eigenvalue weighted by Gasteiger charge is -2.09. The van der Waals surface area contributed by atoms with E-state index < -0.39 is 16.1 Å². The van der Waals surface area contributed by atoms with Crippen molar-refractivity contribution >= 4 is 50.6 Å². The average Bonchev–Trinajstić information content (AvgIpc) is 2.72. The molecule has 31 heavy (non-hydrogen) atoms. The summed E-state index contributed by atoms with van der Waals surface area (Å²) < 4.78 is 24.2. The van der Waals surface area contributed by atoms with Crippen molar-refractivity contribution in [2.24, 2.45) is 0 Å². The highest BCUT2D eigenvalue weighted by Gasteiger charge is 2.15. The van der Waals surface area contributed by atoms with Gasteiger partial charge in [0, 0.05) is 10.5 Å². The number of anilines is 2. The molecule has 3 aromatic rings. The number of nitrogens with one attached hydrogen (secondary N) is 3. The van der Waals surface area contributed by atoms with Gasteiger partial charge in [-0.15, -0.1) is 0 Å². The number of benzene rings is 3. The van der Waals surface area contributed by atoms with Crippen LogP contribution >= 0.6 is 23.2 Å². The zero-order chi connectivity index (χ0) is 22.3. The van der Waals surface area contributed by atoms with Gasteiger partial charge in [-0.05, 0) is 35.9 Å². The molecule has 0 bridgehead atoms. The lowest BCUT2D eigenvalue weighted by Crippen LogP contribution is -2.19. The van der Waals surface area contributed by atoms with Gasteiger partial charge in [0.15, 0.2) is 0 Å². The largest absolute Gasteiger partial charge is 0.358 e. The van der Waals surface area contributed by atoms with Crippen molar-refractivity contribution in [2.45, 2.75) is 5.75 Å². The Morgan fingerprint density at radius 3 is 2.45 bits per heavy atom. The van der Waals surface area contributed by atoms with E-state index in [1.165, 1.54) is 0 Å². The molecular weight excluding hydrogens is 459 g/mol. The van der Waals surface area contributed by atoms with Gasteiger partial charge in [-0.1, -0.05) is 65.7 Å². The number of hydrogen-bond donors (Lipinski definition) is 3. The SMILES string of the molecule is O=C(Nc1cccc(C#[N+]NS(=O)(=O)Cc2ccccc2)c1)Nc1cccc(Cl)c1Cl. The minimum atomic E-state index is -3.66. The molecule has 3 aromatic carbocycles. The van der Waals surface area contributed by atoms with E-state index in [9.17, 15) is 13.2 Å². The smallest absolute Gasteiger partial charge is 0.308 e. The maximum absolute atomic E-state index is 12.2. The number of sulfonamides is 1. The number of rotatable bonds is 5. The second-order valence-corrected chi connectivity index (χ2v) is 8.81. The molecule has 0 heterocycles. The third-order valence-electron chi connectivity index (χ3n) is 3.89. The molecule has 0 aliphatic heterocycles. The number of carbonyl (C=O) groups excluding carboxylic acids is 1. The number of amides is 2. The minimum Gasteiger partial charge on any atom is -0.308 e. The van der Waals surface area contributed by atoms with Crippen LogP contribution in [-0.2, 0) is 15.8 Å². The van der Waals surface area contributed by atoms with Crippen LogP contribution in [0.25, 0.3) is 4.95 Å². The van der Waals surface area contributed by atoms with Crippen molar-refractivity contribution in [1.82, 2.24) is 4.83 Å². The first-order chi connectivity index (χ1) is 14.8. The topological polar surface area (TPSA) is 91.7 Å². The van der Waals surface area contributed by atoms with Gasteiger partial charge < -0.3 is 10.6 Å². The molecule has 0 aliphatic carbocycles. The summed E-state index contributed by atoms with van der Waals surface area (Å²) in [7, 11) is -3.66. The molecule has 3 N–H and O–H groups in total.